The van der Waals surface area contributed by atoms with Gasteiger partial charge in [0.2, 0.25) is 0 Å². The zero-order valence-electron chi connectivity index (χ0n) is 13.2. The number of rotatable bonds is 3. The first-order chi connectivity index (χ1) is 8.26. The third kappa shape index (κ3) is 3.98. The van der Waals surface area contributed by atoms with Crippen LogP contribution in [0.5, 0.6) is 0 Å². The van der Waals surface area contributed by atoms with E-state index in [4.69, 9.17) is 0 Å². The molecule has 0 radical (unpaired) electrons. The highest BCUT2D eigenvalue weighted by atomic mass is 14.9. The van der Waals surface area contributed by atoms with Crippen LogP contribution in [0.25, 0.3) is 0 Å². The summed E-state index contributed by atoms with van der Waals surface area (Å²) in [5.41, 5.74) is 1.03. The Labute approximate surface area is 114 Å². The van der Waals surface area contributed by atoms with Crippen LogP contribution in [0.1, 0.15) is 73.1 Å². The van der Waals surface area contributed by atoms with Crippen LogP contribution < -0.4 is 5.32 Å². The molecule has 2 atom stereocenters. The smallest absolute Gasteiger partial charge is 0.00773 e. The lowest BCUT2D eigenvalue weighted by Gasteiger charge is -2.45. The lowest BCUT2D eigenvalue weighted by atomic mass is 9.63. The summed E-state index contributed by atoms with van der Waals surface area (Å²) < 4.78 is 0. The van der Waals surface area contributed by atoms with Gasteiger partial charge in [0, 0.05) is 6.04 Å². The van der Waals surface area contributed by atoms with Crippen molar-refractivity contribution in [3.63, 3.8) is 0 Å². The second kappa shape index (κ2) is 5.15. The standard InChI is InChI=1S/C17H33N/c1-13-6-7-14(8-13)11-18-15-9-16(2,3)12-17(4,5)10-15/h13-15,18H,6-12H2,1-5H3. The maximum absolute atomic E-state index is 3.90. The Morgan fingerprint density at radius 1 is 1.00 bits per heavy atom. The molecule has 0 saturated heterocycles. The monoisotopic (exact) mass is 251 g/mol. The fourth-order valence-electron chi connectivity index (χ4n) is 4.83. The van der Waals surface area contributed by atoms with Crippen molar-refractivity contribution in [3.8, 4) is 0 Å². The molecule has 18 heavy (non-hydrogen) atoms. The third-order valence-electron chi connectivity index (χ3n) is 5.05. The molecule has 0 bridgehead atoms. The van der Waals surface area contributed by atoms with E-state index in [2.05, 4.69) is 39.9 Å². The molecule has 106 valence electrons. The number of hydrogen-bond acceptors (Lipinski definition) is 1. The number of nitrogens with one attached hydrogen (secondary N) is 1. The van der Waals surface area contributed by atoms with Crippen molar-refractivity contribution in [3.05, 3.63) is 0 Å². The van der Waals surface area contributed by atoms with Crippen molar-refractivity contribution in [2.45, 2.75) is 79.2 Å². The van der Waals surface area contributed by atoms with Crippen LogP contribution in [-0.2, 0) is 0 Å². The van der Waals surface area contributed by atoms with E-state index in [0.717, 1.165) is 17.9 Å². The minimum Gasteiger partial charge on any atom is -0.314 e. The van der Waals surface area contributed by atoms with Crippen molar-refractivity contribution < 1.29 is 0 Å². The van der Waals surface area contributed by atoms with Gasteiger partial charge in [-0.25, -0.2) is 0 Å². The Kier molecular flexibility index (Phi) is 4.11. The van der Waals surface area contributed by atoms with Crippen LogP contribution in [0.15, 0.2) is 0 Å². The van der Waals surface area contributed by atoms with Crippen molar-refractivity contribution in [1.82, 2.24) is 5.32 Å². The first kappa shape index (κ1) is 14.4. The molecule has 0 aliphatic heterocycles. The lowest BCUT2D eigenvalue weighted by molar-refractivity contribution is 0.0834. The molecule has 0 aromatic heterocycles. The molecule has 2 aliphatic carbocycles. The summed E-state index contributed by atoms with van der Waals surface area (Å²) in [5.74, 6) is 1.92. The highest BCUT2D eigenvalue weighted by Gasteiger charge is 2.38. The zero-order chi connectivity index (χ0) is 13.4. The first-order valence-electron chi connectivity index (χ1n) is 7.99. The van der Waals surface area contributed by atoms with Gasteiger partial charge >= 0.3 is 0 Å². The van der Waals surface area contributed by atoms with E-state index < -0.39 is 0 Å². The molecule has 2 rings (SSSR count). The lowest BCUT2D eigenvalue weighted by Crippen LogP contribution is -2.45. The van der Waals surface area contributed by atoms with Gasteiger partial charge in [-0.15, -0.1) is 0 Å². The molecule has 0 amide bonds. The van der Waals surface area contributed by atoms with Gasteiger partial charge in [-0.05, 0) is 61.3 Å². The van der Waals surface area contributed by atoms with E-state index in [0.29, 0.717) is 10.8 Å². The van der Waals surface area contributed by atoms with Gasteiger partial charge in [0.15, 0.2) is 0 Å². The molecule has 0 aromatic carbocycles. The van der Waals surface area contributed by atoms with Gasteiger partial charge in [-0.3, -0.25) is 0 Å². The third-order valence-corrected chi connectivity index (χ3v) is 5.05. The molecule has 0 spiro atoms. The highest BCUT2D eigenvalue weighted by molar-refractivity contribution is 4.92. The summed E-state index contributed by atoms with van der Waals surface area (Å²) in [6, 6.07) is 0.750. The van der Waals surface area contributed by atoms with E-state index >= 15 is 0 Å². The van der Waals surface area contributed by atoms with E-state index in [1.165, 1.54) is 45.1 Å². The van der Waals surface area contributed by atoms with Gasteiger partial charge < -0.3 is 5.32 Å². The normalized spacial score (nSPS) is 35.8. The molecular formula is C17H33N. The highest BCUT2D eigenvalue weighted by Crippen LogP contribution is 2.45. The van der Waals surface area contributed by atoms with Gasteiger partial charge in [-0.2, -0.15) is 0 Å². The first-order valence-corrected chi connectivity index (χ1v) is 7.99. The van der Waals surface area contributed by atoms with Crippen LogP contribution in [0.2, 0.25) is 0 Å². The average Bonchev–Trinajstić information content (AvgIpc) is 2.56. The Hall–Kier alpha value is -0.0400. The fraction of sp³-hybridized carbons (Fsp3) is 1.00. The number of hydrogen-bond donors (Lipinski definition) is 1. The minimum absolute atomic E-state index is 0.516. The van der Waals surface area contributed by atoms with Crippen LogP contribution in [0.4, 0.5) is 0 Å². The predicted molar refractivity (Wildman–Crippen MR) is 79.7 cm³/mol. The van der Waals surface area contributed by atoms with Crippen molar-refractivity contribution in [2.24, 2.45) is 22.7 Å². The van der Waals surface area contributed by atoms with Gasteiger partial charge in [-0.1, -0.05) is 41.0 Å². The Bertz CT molecular complexity index is 263. The van der Waals surface area contributed by atoms with Gasteiger partial charge in [0.1, 0.15) is 0 Å². The molecule has 2 fully saturated rings. The SMILES string of the molecule is CC1CCC(CNC2CC(C)(C)CC(C)(C)C2)C1. The summed E-state index contributed by atoms with van der Waals surface area (Å²) in [6.45, 7) is 13.5. The molecular weight excluding hydrogens is 218 g/mol. The average molecular weight is 251 g/mol. The molecule has 2 unspecified atom stereocenters. The summed E-state index contributed by atoms with van der Waals surface area (Å²) in [7, 11) is 0. The van der Waals surface area contributed by atoms with E-state index in [-0.39, 0.29) is 0 Å². The largest absolute Gasteiger partial charge is 0.314 e. The molecule has 1 heteroatoms. The molecule has 0 aromatic rings. The fourth-order valence-corrected chi connectivity index (χ4v) is 4.83. The maximum Gasteiger partial charge on any atom is 0.00773 e. The van der Waals surface area contributed by atoms with E-state index in [1.54, 1.807) is 0 Å². The Morgan fingerprint density at radius 3 is 2.11 bits per heavy atom. The topological polar surface area (TPSA) is 12.0 Å². The molecule has 1 nitrogen and oxygen atoms in total. The quantitative estimate of drug-likeness (QED) is 0.772. The maximum atomic E-state index is 3.90. The summed E-state index contributed by atoms with van der Waals surface area (Å²) >= 11 is 0. The minimum atomic E-state index is 0.516. The predicted octanol–water partition coefficient (Wildman–Crippen LogP) is 4.62. The summed E-state index contributed by atoms with van der Waals surface area (Å²) in [5, 5.41) is 3.90. The van der Waals surface area contributed by atoms with E-state index in [9.17, 15) is 0 Å². The molecule has 0 heterocycles. The molecule has 1 N–H and O–H groups in total. The second-order valence-corrected chi connectivity index (χ2v) is 8.80. The van der Waals surface area contributed by atoms with E-state index in [1.807, 2.05) is 0 Å². The van der Waals surface area contributed by atoms with Gasteiger partial charge in [0.25, 0.3) is 0 Å². The summed E-state index contributed by atoms with van der Waals surface area (Å²) in [6.07, 6.45) is 8.45. The second-order valence-electron chi connectivity index (χ2n) is 8.80. The van der Waals surface area contributed by atoms with Crippen molar-refractivity contribution >= 4 is 0 Å². The van der Waals surface area contributed by atoms with Crippen molar-refractivity contribution in [1.29, 1.82) is 0 Å². The van der Waals surface area contributed by atoms with Crippen molar-refractivity contribution in [2.75, 3.05) is 6.54 Å². The molecule has 2 aliphatic rings. The van der Waals surface area contributed by atoms with Crippen LogP contribution in [0, 0.1) is 22.7 Å². The Balaban J connectivity index is 1.82. The zero-order valence-corrected chi connectivity index (χ0v) is 13.2. The molecule has 2 saturated carbocycles. The van der Waals surface area contributed by atoms with Gasteiger partial charge in [0.05, 0.1) is 0 Å². The summed E-state index contributed by atoms with van der Waals surface area (Å²) in [4.78, 5) is 0. The van der Waals surface area contributed by atoms with Crippen LogP contribution >= 0.6 is 0 Å². The Morgan fingerprint density at radius 2 is 1.61 bits per heavy atom. The van der Waals surface area contributed by atoms with Crippen LogP contribution in [-0.4, -0.2) is 12.6 Å². The van der Waals surface area contributed by atoms with Crippen LogP contribution in [0.3, 0.4) is 0 Å².